The monoisotopic (exact) mass is 236 g/mol. The molecule has 0 aliphatic carbocycles. The zero-order chi connectivity index (χ0) is 12.7. The van der Waals surface area contributed by atoms with E-state index in [9.17, 15) is 4.79 Å². The first-order valence-electron chi connectivity index (χ1n) is 5.71. The summed E-state index contributed by atoms with van der Waals surface area (Å²) in [5.41, 5.74) is 6.82. The van der Waals surface area contributed by atoms with Crippen molar-refractivity contribution in [2.24, 2.45) is 5.73 Å². The van der Waals surface area contributed by atoms with Crippen molar-refractivity contribution in [2.45, 2.75) is 13.0 Å². The van der Waals surface area contributed by atoms with Gasteiger partial charge < -0.3 is 16.0 Å². The number of carbonyl (C=O) groups excluding carboxylic acids is 1. The summed E-state index contributed by atoms with van der Waals surface area (Å²) in [5.74, 6) is -0.132. The van der Waals surface area contributed by atoms with E-state index in [0.29, 0.717) is 18.8 Å². The summed E-state index contributed by atoms with van der Waals surface area (Å²) >= 11 is 0. The van der Waals surface area contributed by atoms with Crippen molar-refractivity contribution in [3.05, 3.63) is 29.6 Å². The molecular weight excluding hydrogens is 216 g/mol. The second-order valence-electron chi connectivity index (χ2n) is 4.17. The van der Waals surface area contributed by atoms with Crippen LogP contribution >= 0.6 is 0 Å². The molecule has 1 rings (SSSR count). The number of rotatable bonds is 6. The summed E-state index contributed by atoms with van der Waals surface area (Å²) in [5, 5.41) is 2.83. The van der Waals surface area contributed by atoms with Gasteiger partial charge >= 0.3 is 0 Å². The van der Waals surface area contributed by atoms with E-state index in [2.05, 4.69) is 15.2 Å². The van der Waals surface area contributed by atoms with Crippen molar-refractivity contribution in [2.75, 3.05) is 27.2 Å². The maximum atomic E-state index is 11.7. The molecule has 0 radical (unpaired) electrons. The quantitative estimate of drug-likeness (QED) is 0.693. The van der Waals surface area contributed by atoms with Gasteiger partial charge in [-0.3, -0.25) is 9.78 Å². The number of nitrogens with one attached hydrogen (secondary N) is 1. The van der Waals surface area contributed by atoms with Gasteiger partial charge in [0.2, 0.25) is 0 Å². The van der Waals surface area contributed by atoms with Gasteiger partial charge in [-0.2, -0.15) is 0 Å². The van der Waals surface area contributed by atoms with Crippen LogP contribution in [0, 0.1) is 0 Å². The molecule has 0 unspecified atom stereocenters. The Morgan fingerprint density at radius 3 is 2.76 bits per heavy atom. The van der Waals surface area contributed by atoms with Gasteiger partial charge in [0, 0.05) is 19.3 Å². The minimum Gasteiger partial charge on any atom is -0.351 e. The molecule has 0 aliphatic heterocycles. The minimum atomic E-state index is -0.132. The Balaban J connectivity index is 2.36. The Hall–Kier alpha value is -1.46. The number of hydrogen-bond donors (Lipinski definition) is 2. The van der Waals surface area contributed by atoms with E-state index in [4.69, 9.17) is 5.73 Å². The summed E-state index contributed by atoms with van der Waals surface area (Å²) in [6, 6.07) is 3.52. The summed E-state index contributed by atoms with van der Waals surface area (Å²) in [6.45, 7) is 2.06. The molecule has 0 saturated carbocycles. The second-order valence-corrected chi connectivity index (χ2v) is 4.17. The van der Waals surface area contributed by atoms with Crippen molar-refractivity contribution < 1.29 is 4.79 Å². The molecule has 1 heterocycles. The van der Waals surface area contributed by atoms with E-state index < -0.39 is 0 Å². The van der Waals surface area contributed by atoms with E-state index in [1.165, 1.54) is 0 Å². The number of hydrogen-bond acceptors (Lipinski definition) is 4. The van der Waals surface area contributed by atoms with E-state index >= 15 is 0 Å². The van der Waals surface area contributed by atoms with Gasteiger partial charge in [0.1, 0.15) is 5.69 Å². The first-order valence-corrected chi connectivity index (χ1v) is 5.71. The first kappa shape index (κ1) is 13.6. The van der Waals surface area contributed by atoms with Gasteiger partial charge in [-0.15, -0.1) is 0 Å². The van der Waals surface area contributed by atoms with E-state index in [1.54, 1.807) is 12.3 Å². The molecule has 94 valence electrons. The molecule has 0 spiro atoms. The Morgan fingerprint density at radius 1 is 1.47 bits per heavy atom. The average molecular weight is 236 g/mol. The molecule has 0 atom stereocenters. The SMILES string of the molecule is CN(C)CCCNC(=O)c1ccc(CN)cn1. The third-order valence-electron chi connectivity index (χ3n) is 2.36. The van der Waals surface area contributed by atoms with Gasteiger partial charge in [0.15, 0.2) is 0 Å². The molecule has 0 bridgehead atoms. The number of nitrogens with two attached hydrogens (primary N) is 1. The van der Waals surface area contributed by atoms with Crippen molar-refractivity contribution in [1.82, 2.24) is 15.2 Å². The van der Waals surface area contributed by atoms with Crippen molar-refractivity contribution >= 4 is 5.91 Å². The third-order valence-corrected chi connectivity index (χ3v) is 2.36. The van der Waals surface area contributed by atoms with Gasteiger partial charge in [0.05, 0.1) is 0 Å². The molecule has 0 fully saturated rings. The zero-order valence-electron chi connectivity index (χ0n) is 10.4. The van der Waals surface area contributed by atoms with Crippen molar-refractivity contribution in [1.29, 1.82) is 0 Å². The second kappa shape index (κ2) is 6.98. The normalized spacial score (nSPS) is 10.6. The lowest BCUT2D eigenvalue weighted by atomic mass is 10.2. The molecule has 1 aromatic rings. The number of aromatic nitrogens is 1. The lowest BCUT2D eigenvalue weighted by Crippen LogP contribution is -2.27. The van der Waals surface area contributed by atoms with Crippen LogP contribution in [0.2, 0.25) is 0 Å². The molecule has 1 aromatic heterocycles. The molecule has 0 saturated heterocycles. The highest BCUT2D eigenvalue weighted by atomic mass is 16.1. The van der Waals surface area contributed by atoms with Crippen molar-refractivity contribution in [3.8, 4) is 0 Å². The highest BCUT2D eigenvalue weighted by molar-refractivity contribution is 5.92. The number of amides is 1. The van der Waals surface area contributed by atoms with Crippen LogP contribution in [0.3, 0.4) is 0 Å². The van der Waals surface area contributed by atoms with Crippen LogP contribution in [0.4, 0.5) is 0 Å². The number of carbonyl (C=O) groups is 1. The maximum Gasteiger partial charge on any atom is 0.269 e. The molecule has 0 aliphatic rings. The zero-order valence-corrected chi connectivity index (χ0v) is 10.4. The molecule has 0 aromatic carbocycles. The van der Waals surface area contributed by atoms with Crippen LogP contribution in [0.1, 0.15) is 22.5 Å². The maximum absolute atomic E-state index is 11.7. The van der Waals surface area contributed by atoms with Crippen LogP contribution in [0.25, 0.3) is 0 Å². The Morgan fingerprint density at radius 2 is 2.24 bits per heavy atom. The van der Waals surface area contributed by atoms with Crippen LogP contribution in [-0.2, 0) is 6.54 Å². The van der Waals surface area contributed by atoms with Gasteiger partial charge in [-0.25, -0.2) is 0 Å². The van der Waals surface area contributed by atoms with Crippen LogP contribution in [-0.4, -0.2) is 43.0 Å². The predicted molar refractivity (Wildman–Crippen MR) is 67.6 cm³/mol. The standard InChI is InChI=1S/C12H20N4O/c1-16(2)7-3-6-14-12(17)11-5-4-10(8-13)9-15-11/h4-5,9H,3,6-8,13H2,1-2H3,(H,14,17). The highest BCUT2D eigenvalue weighted by Gasteiger charge is 2.05. The fourth-order valence-corrected chi connectivity index (χ4v) is 1.37. The molecule has 17 heavy (non-hydrogen) atoms. The van der Waals surface area contributed by atoms with Gasteiger partial charge in [0.25, 0.3) is 5.91 Å². The van der Waals surface area contributed by atoms with E-state index in [0.717, 1.165) is 18.5 Å². The summed E-state index contributed by atoms with van der Waals surface area (Å²) in [7, 11) is 4.02. The third kappa shape index (κ3) is 4.93. The Bertz CT molecular complexity index is 348. The first-order chi connectivity index (χ1) is 8.13. The molecule has 5 heteroatoms. The summed E-state index contributed by atoms with van der Waals surface area (Å²) in [4.78, 5) is 17.8. The Kier molecular flexibility index (Phi) is 5.59. The lowest BCUT2D eigenvalue weighted by Gasteiger charge is -2.09. The molecule has 3 N–H and O–H groups in total. The average Bonchev–Trinajstić information content (AvgIpc) is 2.34. The minimum absolute atomic E-state index is 0.132. The molecule has 5 nitrogen and oxygen atoms in total. The topological polar surface area (TPSA) is 71.2 Å². The fraction of sp³-hybridized carbons (Fsp3) is 0.500. The summed E-state index contributed by atoms with van der Waals surface area (Å²) < 4.78 is 0. The summed E-state index contributed by atoms with van der Waals surface area (Å²) in [6.07, 6.45) is 2.56. The van der Waals surface area contributed by atoms with E-state index in [-0.39, 0.29) is 5.91 Å². The lowest BCUT2D eigenvalue weighted by molar-refractivity contribution is 0.0947. The largest absolute Gasteiger partial charge is 0.351 e. The Labute approximate surface area is 102 Å². The van der Waals surface area contributed by atoms with Crippen LogP contribution in [0.15, 0.2) is 18.3 Å². The van der Waals surface area contributed by atoms with Gasteiger partial charge in [-0.05, 0) is 38.7 Å². The fourth-order valence-electron chi connectivity index (χ4n) is 1.37. The molecular formula is C12H20N4O. The van der Waals surface area contributed by atoms with Crippen LogP contribution in [0.5, 0.6) is 0 Å². The van der Waals surface area contributed by atoms with Gasteiger partial charge in [-0.1, -0.05) is 6.07 Å². The highest BCUT2D eigenvalue weighted by Crippen LogP contribution is 1.99. The number of nitrogens with zero attached hydrogens (tertiary/aromatic N) is 2. The number of pyridine rings is 1. The predicted octanol–water partition coefficient (Wildman–Crippen LogP) is 0.222. The van der Waals surface area contributed by atoms with Crippen molar-refractivity contribution in [3.63, 3.8) is 0 Å². The smallest absolute Gasteiger partial charge is 0.269 e. The van der Waals surface area contributed by atoms with Crippen LogP contribution < -0.4 is 11.1 Å². The van der Waals surface area contributed by atoms with E-state index in [1.807, 2.05) is 20.2 Å². The molecule has 1 amide bonds.